The highest BCUT2D eigenvalue weighted by Crippen LogP contribution is 2.50. The summed E-state index contributed by atoms with van der Waals surface area (Å²) in [6, 6.07) is 4.91. The summed E-state index contributed by atoms with van der Waals surface area (Å²) >= 11 is 0. The summed E-state index contributed by atoms with van der Waals surface area (Å²) in [5.41, 5.74) is 13.7. The molecule has 1 N–H and O–H groups in total. The minimum absolute atomic E-state index is 0.0424. The second-order valence-corrected chi connectivity index (χ2v) is 24.8. The molecule has 69 heavy (non-hydrogen) atoms. The zero-order valence-corrected chi connectivity index (χ0v) is 46.4. The topological polar surface area (TPSA) is 28.4 Å². The van der Waals surface area contributed by atoms with E-state index in [1.165, 1.54) is 44.4 Å². The molecule has 3 nitrogen and oxygen atoms in total. The first kappa shape index (κ1) is 55.0. The Labute approximate surface area is 422 Å². The molecular formula is C65H91BN2O. The van der Waals surface area contributed by atoms with E-state index < -0.39 is 0 Å². The van der Waals surface area contributed by atoms with Gasteiger partial charge in [0.05, 0.1) is 11.3 Å². The fourth-order valence-corrected chi connectivity index (χ4v) is 10.3. The molecule has 0 saturated carbocycles. The van der Waals surface area contributed by atoms with Gasteiger partial charge in [0.25, 0.3) is 6.71 Å². The van der Waals surface area contributed by atoms with Crippen LogP contribution in [0.25, 0.3) is 11.0 Å². The SMILES string of the molecule is C=C\C=C/C=C/C=C\C=C\C(=C\CC(C)(C)C)C(=C/C)\N1C/C(=C/NC2=CC(C(C)(C)C)C(C(C)(C)C)C=C2)B(/C=C/C=C(/CC)C(=C)C(C)CC)c2oc3cc4c(cc3c21)C(C)(C)CCC4(C)C. The van der Waals surface area contributed by atoms with E-state index >= 15 is 0 Å². The van der Waals surface area contributed by atoms with Crippen LogP contribution in [0.15, 0.2) is 173 Å². The Morgan fingerprint density at radius 1 is 0.870 bits per heavy atom. The number of hydrogen-bond acceptors (Lipinski definition) is 3. The van der Waals surface area contributed by atoms with E-state index in [4.69, 9.17) is 4.42 Å². The van der Waals surface area contributed by atoms with E-state index in [0.717, 1.165) is 54.7 Å². The van der Waals surface area contributed by atoms with Crippen LogP contribution < -0.4 is 15.9 Å². The normalized spacial score (nSPS) is 21.7. The molecule has 0 spiro atoms. The lowest BCUT2D eigenvalue weighted by Crippen LogP contribution is -2.46. The Kier molecular flexibility index (Phi) is 17.9. The number of rotatable bonds is 16. The molecule has 2 aliphatic carbocycles. The van der Waals surface area contributed by atoms with E-state index in [1.54, 1.807) is 6.08 Å². The minimum Gasteiger partial charge on any atom is -0.468 e. The predicted octanol–water partition coefficient (Wildman–Crippen LogP) is 17.8. The van der Waals surface area contributed by atoms with Crippen molar-refractivity contribution >= 4 is 29.0 Å². The van der Waals surface area contributed by atoms with Crippen molar-refractivity contribution in [1.29, 1.82) is 0 Å². The monoisotopic (exact) mass is 927 g/mol. The van der Waals surface area contributed by atoms with E-state index in [2.05, 4.69) is 238 Å². The largest absolute Gasteiger partial charge is 0.468 e. The standard InChI is InChI=1S/C65H91BN2O/c1-20-24-25-26-27-28-29-30-32-49(36-37-61(7,8)9)57(23-4)68-45-50(44-67-51-34-35-53(62(10,11)12)54(41-51)63(13,14)15)66(40-31-33-48(22-3)47(6)46(5)21-2)60-59(68)52-42-55-56(43-58(52)69-60)65(18,19)39-38-64(55,16)17/h20,23-36,40-44,46,53-54,67H,1,6,21-22,37-39,45H2,2-5,7-19H3/b25-24-,27-26+,29-28-,32-30+,40-31+,48-33-,49-36-,50-44-,57-23+. The second-order valence-electron chi connectivity index (χ2n) is 24.8. The fraction of sp³-hybridized carbons (Fsp3) is 0.477. The molecule has 2 heterocycles. The number of furan rings is 1. The maximum atomic E-state index is 7.40. The molecule has 0 radical (unpaired) electrons. The van der Waals surface area contributed by atoms with Gasteiger partial charge in [0.1, 0.15) is 5.58 Å². The number of nitrogens with zero attached hydrogens (tertiary/aromatic N) is 1. The molecule has 3 aliphatic rings. The summed E-state index contributed by atoms with van der Waals surface area (Å²) in [6.45, 7) is 48.8. The van der Waals surface area contributed by atoms with E-state index in [1.807, 2.05) is 18.2 Å². The number of anilines is 1. The van der Waals surface area contributed by atoms with Gasteiger partial charge in [0.15, 0.2) is 0 Å². The van der Waals surface area contributed by atoms with Crippen molar-refractivity contribution in [2.45, 2.75) is 161 Å². The van der Waals surface area contributed by atoms with Gasteiger partial charge in [-0.3, -0.25) is 0 Å². The van der Waals surface area contributed by atoms with Crippen molar-refractivity contribution in [2.75, 3.05) is 11.4 Å². The first-order chi connectivity index (χ1) is 32.3. The molecule has 0 fully saturated rings. The Balaban J connectivity index is 1.81. The fourth-order valence-electron chi connectivity index (χ4n) is 10.3. The van der Waals surface area contributed by atoms with E-state index in [9.17, 15) is 0 Å². The van der Waals surface area contributed by atoms with Crippen molar-refractivity contribution in [1.82, 2.24) is 5.32 Å². The molecule has 1 aromatic heterocycles. The van der Waals surface area contributed by atoms with Crippen LogP contribution in [0, 0.1) is 34.0 Å². The Morgan fingerprint density at radius 3 is 2.04 bits per heavy atom. The zero-order chi connectivity index (χ0) is 51.1. The third-order valence-electron chi connectivity index (χ3n) is 15.1. The first-order valence-electron chi connectivity index (χ1n) is 26.2. The van der Waals surface area contributed by atoms with Crippen LogP contribution >= 0.6 is 0 Å². The maximum Gasteiger partial charge on any atom is 0.282 e. The van der Waals surface area contributed by atoms with Gasteiger partial charge in [0, 0.05) is 23.3 Å². The van der Waals surface area contributed by atoms with Crippen LogP contribution in [0.3, 0.4) is 0 Å². The summed E-state index contributed by atoms with van der Waals surface area (Å²) in [4.78, 5) is 2.56. The van der Waals surface area contributed by atoms with Gasteiger partial charge in [-0.15, -0.1) is 5.98 Å². The van der Waals surface area contributed by atoms with Crippen molar-refractivity contribution in [2.24, 2.45) is 34.0 Å². The Morgan fingerprint density at radius 2 is 1.48 bits per heavy atom. The number of nitrogens with one attached hydrogen (secondary N) is 1. The number of allylic oxidation sites excluding steroid dienone is 18. The predicted molar refractivity (Wildman–Crippen MR) is 307 cm³/mol. The number of fused-ring (bicyclic) bond motifs is 4. The second kappa shape index (κ2) is 22.4. The van der Waals surface area contributed by atoms with Gasteiger partial charge in [-0.05, 0) is 136 Å². The molecule has 1 aliphatic heterocycles. The Bertz CT molecular complexity index is 2520. The molecule has 0 bridgehead atoms. The average molecular weight is 927 g/mol. The van der Waals surface area contributed by atoms with Crippen molar-refractivity contribution in [3.05, 3.63) is 179 Å². The molecule has 370 valence electrons. The summed E-state index contributed by atoms with van der Waals surface area (Å²) in [7, 11) is 0. The van der Waals surface area contributed by atoms with E-state index in [0.29, 0.717) is 24.3 Å². The number of benzene rings is 1. The molecule has 2 aromatic rings. The smallest absolute Gasteiger partial charge is 0.282 e. The molecule has 3 atom stereocenters. The highest BCUT2D eigenvalue weighted by atomic mass is 16.3. The quantitative estimate of drug-likeness (QED) is 0.134. The van der Waals surface area contributed by atoms with Crippen LogP contribution in [-0.4, -0.2) is 13.3 Å². The Hall–Kier alpha value is -4.96. The van der Waals surface area contributed by atoms with Gasteiger partial charge < -0.3 is 14.6 Å². The molecule has 5 rings (SSSR count). The summed E-state index contributed by atoms with van der Waals surface area (Å²) in [5.74, 6) is 3.63. The molecular weight excluding hydrogens is 836 g/mol. The van der Waals surface area contributed by atoms with Crippen LogP contribution in [0.5, 0.6) is 0 Å². The summed E-state index contributed by atoms with van der Waals surface area (Å²) in [5, 5.41) is 5.09. The molecule has 1 aromatic carbocycles. The lowest BCUT2D eigenvalue weighted by Gasteiger charge is -2.43. The lowest BCUT2D eigenvalue weighted by atomic mass is 9.41. The van der Waals surface area contributed by atoms with Gasteiger partial charge in [0.2, 0.25) is 0 Å². The third-order valence-corrected chi connectivity index (χ3v) is 15.1. The van der Waals surface area contributed by atoms with Crippen molar-refractivity contribution < 1.29 is 4.42 Å². The third kappa shape index (κ3) is 13.5. The summed E-state index contributed by atoms with van der Waals surface area (Å²) in [6.07, 6.45) is 42.6. The molecule has 0 amide bonds. The van der Waals surface area contributed by atoms with Crippen LogP contribution in [0.4, 0.5) is 5.69 Å². The average Bonchev–Trinajstić information content (AvgIpc) is 3.66. The van der Waals surface area contributed by atoms with Gasteiger partial charge in [-0.2, -0.15) is 0 Å². The van der Waals surface area contributed by atoms with Crippen LogP contribution in [-0.2, 0) is 10.8 Å². The molecule has 0 saturated heterocycles. The molecule has 3 unspecified atom stereocenters. The highest BCUT2D eigenvalue weighted by Gasteiger charge is 2.42. The van der Waals surface area contributed by atoms with E-state index in [-0.39, 0.29) is 33.8 Å². The first-order valence-corrected chi connectivity index (χ1v) is 26.2. The van der Waals surface area contributed by atoms with Crippen LogP contribution in [0.2, 0.25) is 0 Å². The zero-order valence-electron chi connectivity index (χ0n) is 46.4. The van der Waals surface area contributed by atoms with Crippen LogP contribution in [0.1, 0.15) is 161 Å². The highest BCUT2D eigenvalue weighted by molar-refractivity contribution is 6.85. The minimum atomic E-state index is -0.116. The van der Waals surface area contributed by atoms with Gasteiger partial charge >= 0.3 is 0 Å². The maximum absolute atomic E-state index is 7.40. The van der Waals surface area contributed by atoms with Gasteiger partial charge in [-0.1, -0.05) is 221 Å². The molecule has 4 heteroatoms. The van der Waals surface area contributed by atoms with Gasteiger partial charge in [-0.25, -0.2) is 0 Å². The van der Waals surface area contributed by atoms with Crippen molar-refractivity contribution in [3.63, 3.8) is 0 Å². The lowest BCUT2D eigenvalue weighted by molar-refractivity contribution is 0.140. The van der Waals surface area contributed by atoms with Crippen molar-refractivity contribution in [3.8, 4) is 0 Å². The number of hydrogen-bond donors (Lipinski definition) is 1. The summed E-state index contributed by atoms with van der Waals surface area (Å²) < 4.78 is 7.40.